The quantitative estimate of drug-likeness (QED) is 0.657. The molecule has 0 bridgehead atoms. The third-order valence-corrected chi connectivity index (χ3v) is 5.07. The molecule has 2 N–H and O–H groups in total. The van der Waals surface area contributed by atoms with E-state index in [4.69, 9.17) is 9.47 Å². The van der Waals surface area contributed by atoms with Crippen molar-refractivity contribution < 1.29 is 19.1 Å². The van der Waals surface area contributed by atoms with Gasteiger partial charge in [0.2, 0.25) is 6.10 Å². The number of rotatable bonds is 5. The Morgan fingerprint density at radius 2 is 1.61 bits per heavy atom. The van der Waals surface area contributed by atoms with E-state index >= 15 is 0 Å². The first kappa shape index (κ1) is 20.5. The fraction of sp³-hybridized carbons (Fsp3) is 0.200. The SMILES string of the molecule is Cc1ccc(C(=O)Nc2cccc(CNC(=O)C3Oc4ccccc4OC3C)c2)cc1. The Morgan fingerprint density at radius 3 is 2.35 bits per heavy atom. The van der Waals surface area contributed by atoms with Crippen LogP contribution < -0.4 is 20.1 Å². The standard InChI is InChI=1S/C25H24N2O4/c1-16-10-12-19(13-11-16)24(28)27-20-7-5-6-18(14-20)15-26-25(29)23-17(2)30-21-8-3-4-9-22(21)31-23/h3-14,17,23H,15H2,1-2H3,(H,26,29)(H,27,28). The van der Waals surface area contributed by atoms with Crippen molar-refractivity contribution in [2.45, 2.75) is 32.6 Å². The smallest absolute Gasteiger partial charge is 0.265 e. The number of para-hydroxylation sites is 2. The Bertz CT molecular complexity index is 1090. The van der Waals surface area contributed by atoms with Crippen LogP contribution in [0.4, 0.5) is 5.69 Å². The molecule has 0 saturated carbocycles. The van der Waals surface area contributed by atoms with Gasteiger partial charge in [-0.15, -0.1) is 0 Å². The molecule has 0 radical (unpaired) electrons. The molecular weight excluding hydrogens is 392 g/mol. The van der Waals surface area contributed by atoms with E-state index in [-0.39, 0.29) is 11.8 Å². The molecule has 31 heavy (non-hydrogen) atoms. The Morgan fingerprint density at radius 1 is 0.903 bits per heavy atom. The highest BCUT2D eigenvalue weighted by molar-refractivity contribution is 6.04. The predicted molar refractivity (Wildman–Crippen MR) is 118 cm³/mol. The van der Waals surface area contributed by atoms with Gasteiger partial charge in [-0.25, -0.2) is 0 Å². The van der Waals surface area contributed by atoms with Gasteiger partial charge in [-0.05, 0) is 55.8 Å². The zero-order valence-corrected chi connectivity index (χ0v) is 17.4. The van der Waals surface area contributed by atoms with Gasteiger partial charge in [0.15, 0.2) is 11.5 Å². The van der Waals surface area contributed by atoms with Crippen LogP contribution in [0, 0.1) is 6.92 Å². The van der Waals surface area contributed by atoms with E-state index < -0.39 is 12.2 Å². The number of carbonyl (C=O) groups is 2. The van der Waals surface area contributed by atoms with E-state index in [9.17, 15) is 9.59 Å². The maximum absolute atomic E-state index is 12.7. The minimum Gasteiger partial charge on any atom is -0.482 e. The molecule has 0 spiro atoms. The Kier molecular flexibility index (Phi) is 5.89. The summed E-state index contributed by atoms with van der Waals surface area (Å²) in [6, 6.07) is 22.1. The zero-order chi connectivity index (χ0) is 21.8. The van der Waals surface area contributed by atoms with Crippen LogP contribution in [0.1, 0.15) is 28.4 Å². The van der Waals surface area contributed by atoms with Gasteiger partial charge in [-0.3, -0.25) is 9.59 Å². The Labute approximate surface area is 181 Å². The van der Waals surface area contributed by atoms with E-state index in [2.05, 4.69) is 10.6 Å². The largest absolute Gasteiger partial charge is 0.482 e. The van der Waals surface area contributed by atoms with Gasteiger partial charge in [0, 0.05) is 17.8 Å². The lowest BCUT2D eigenvalue weighted by Crippen LogP contribution is -2.48. The molecule has 1 aliphatic heterocycles. The normalized spacial score (nSPS) is 17.0. The molecule has 6 heteroatoms. The first-order chi connectivity index (χ1) is 15.0. The third-order valence-electron chi connectivity index (χ3n) is 5.07. The van der Waals surface area contributed by atoms with Crippen molar-refractivity contribution in [1.82, 2.24) is 5.32 Å². The molecule has 2 amide bonds. The van der Waals surface area contributed by atoms with E-state index in [1.54, 1.807) is 25.1 Å². The summed E-state index contributed by atoms with van der Waals surface area (Å²) in [7, 11) is 0. The summed E-state index contributed by atoms with van der Waals surface area (Å²) in [5.74, 6) is 0.759. The lowest BCUT2D eigenvalue weighted by molar-refractivity contribution is -0.133. The number of ether oxygens (including phenoxy) is 2. The fourth-order valence-corrected chi connectivity index (χ4v) is 3.36. The summed E-state index contributed by atoms with van der Waals surface area (Å²) in [4.78, 5) is 25.1. The molecule has 0 saturated heterocycles. The van der Waals surface area contributed by atoms with Crippen LogP contribution >= 0.6 is 0 Å². The van der Waals surface area contributed by atoms with Crippen LogP contribution in [0.3, 0.4) is 0 Å². The molecule has 0 aromatic heterocycles. The molecular formula is C25H24N2O4. The third kappa shape index (κ3) is 4.86. The molecule has 4 rings (SSSR count). The highest BCUT2D eigenvalue weighted by Crippen LogP contribution is 2.33. The lowest BCUT2D eigenvalue weighted by atomic mass is 10.1. The summed E-state index contributed by atoms with van der Waals surface area (Å²) >= 11 is 0. The van der Waals surface area contributed by atoms with Crippen molar-refractivity contribution in [3.8, 4) is 11.5 Å². The van der Waals surface area contributed by atoms with Gasteiger partial charge in [-0.1, -0.05) is 42.0 Å². The Balaban J connectivity index is 1.36. The van der Waals surface area contributed by atoms with Crippen LogP contribution in [0.25, 0.3) is 0 Å². The average Bonchev–Trinajstić information content (AvgIpc) is 2.77. The molecule has 3 aromatic rings. The van der Waals surface area contributed by atoms with Crippen LogP contribution in [-0.4, -0.2) is 24.0 Å². The highest BCUT2D eigenvalue weighted by Gasteiger charge is 2.33. The summed E-state index contributed by atoms with van der Waals surface area (Å²) in [6.07, 6.45) is -1.14. The van der Waals surface area contributed by atoms with Gasteiger partial charge >= 0.3 is 0 Å². The van der Waals surface area contributed by atoms with Gasteiger partial charge in [-0.2, -0.15) is 0 Å². The van der Waals surface area contributed by atoms with Crippen molar-refractivity contribution >= 4 is 17.5 Å². The minimum absolute atomic E-state index is 0.179. The van der Waals surface area contributed by atoms with Crippen molar-refractivity contribution in [2.24, 2.45) is 0 Å². The molecule has 1 heterocycles. The van der Waals surface area contributed by atoms with Gasteiger partial charge in [0.1, 0.15) is 6.10 Å². The molecule has 0 fully saturated rings. The summed E-state index contributed by atoms with van der Waals surface area (Å²) in [5, 5.41) is 5.78. The molecule has 2 unspecified atom stereocenters. The molecule has 3 aromatic carbocycles. The number of carbonyl (C=O) groups excluding carboxylic acids is 2. The van der Waals surface area contributed by atoms with E-state index in [1.165, 1.54) is 0 Å². The number of hydrogen-bond acceptors (Lipinski definition) is 4. The van der Waals surface area contributed by atoms with E-state index in [0.717, 1.165) is 11.1 Å². The summed E-state index contributed by atoms with van der Waals surface area (Å²) in [6.45, 7) is 4.09. The summed E-state index contributed by atoms with van der Waals surface area (Å²) in [5.41, 5.74) is 3.21. The number of anilines is 1. The number of hydrogen-bond donors (Lipinski definition) is 2. The lowest BCUT2D eigenvalue weighted by Gasteiger charge is -2.31. The van der Waals surface area contributed by atoms with Crippen molar-refractivity contribution in [2.75, 3.05) is 5.32 Å². The molecule has 6 nitrogen and oxygen atoms in total. The first-order valence-electron chi connectivity index (χ1n) is 10.2. The van der Waals surface area contributed by atoms with Crippen molar-refractivity contribution in [3.05, 3.63) is 89.5 Å². The van der Waals surface area contributed by atoms with Gasteiger partial charge in [0.05, 0.1) is 0 Å². The van der Waals surface area contributed by atoms with Gasteiger partial charge < -0.3 is 20.1 Å². The number of benzene rings is 3. The fourth-order valence-electron chi connectivity index (χ4n) is 3.36. The number of aryl methyl sites for hydroxylation is 1. The maximum Gasteiger partial charge on any atom is 0.265 e. The van der Waals surface area contributed by atoms with Crippen molar-refractivity contribution in [1.29, 1.82) is 0 Å². The van der Waals surface area contributed by atoms with Crippen LogP contribution in [0.15, 0.2) is 72.8 Å². The zero-order valence-electron chi connectivity index (χ0n) is 17.4. The topological polar surface area (TPSA) is 76.7 Å². The number of fused-ring (bicyclic) bond motifs is 1. The summed E-state index contributed by atoms with van der Waals surface area (Å²) < 4.78 is 11.6. The van der Waals surface area contributed by atoms with E-state index in [1.807, 2.05) is 61.5 Å². The van der Waals surface area contributed by atoms with Gasteiger partial charge in [0.25, 0.3) is 11.8 Å². The van der Waals surface area contributed by atoms with Crippen LogP contribution in [-0.2, 0) is 11.3 Å². The van der Waals surface area contributed by atoms with E-state index in [0.29, 0.717) is 29.3 Å². The molecule has 2 atom stereocenters. The monoisotopic (exact) mass is 416 g/mol. The second kappa shape index (κ2) is 8.92. The predicted octanol–water partition coefficient (Wildman–Crippen LogP) is 4.09. The first-order valence-corrected chi connectivity index (χ1v) is 10.2. The maximum atomic E-state index is 12.7. The number of nitrogens with one attached hydrogen (secondary N) is 2. The second-order valence-electron chi connectivity index (χ2n) is 7.55. The molecule has 158 valence electrons. The highest BCUT2D eigenvalue weighted by atomic mass is 16.6. The van der Waals surface area contributed by atoms with Crippen molar-refractivity contribution in [3.63, 3.8) is 0 Å². The second-order valence-corrected chi connectivity index (χ2v) is 7.55. The molecule has 1 aliphatic rings. The number of amides is 2. The van der Waals surface area contributed by atoms with Crippen LogP contribution in [0.5, 0.6) is 11.5 Å². The molecule has 0 aliphatic carbocycles. The Hall–Kier alpha value is -3.80. The average molecular weight is 416 g/mol. The minimum atomic E-state index is -0.737. The van der Waals surface area contributed by atoms with Crippen LogP contribution in [0.2, 0.25) is 0 Å².